The van der Waals surface area contributed by atoms with Gasteiger partial charge in [0.2, 0.25) is 0 Å². The maximum atomic E-state index is 13.2. The van der Waals surface area contributed by atoms with Gasteiger partial charge in [-0.15, -0.1) is 0 Å². The number of thioether (sulfide) groups is 1. The predicted molar refractivity (Wildman–Crippen MR) is 91.6 cm³/mol. The van der Waals surface area contributed by atoms with Crippen LogP contribution in [0.2, 0.25) is 0 Å². The minimum atomic E-state index is -0.325. The fourth-order valence-electron chi connectivity index (χ4n) is 2.15. The van der Waals surface area contributed by atoms with Crippen LogP contribution in [0.5, 0.6) is 0 Å². The van der Waals surface area contributed by atoms with Crippen LogP contribution < -0.4 is 0 Å². The molecule has 0 aliphatic carbocycles. The quantitative estimate of drug-likeness (QED) is 0.621. The van der Waals surface area contributed by atoms with Gasteiger partial charge in [-0.2, -0.15) is 0 Å². The molecule has 0 aromatic heterocycles. The molecule has 3 rings (SSSR count). The molecule has 2 nitrogen and oxygen atoms in total. The summed E-state index contributed by atoms with van der Waals surface area (Å²) in [5, 5.41) is 0. The molecule has 1 amide bonds. The number of nitrogens with zero attached hydrogens (tertiary/aromatic N) is 1. The van der Waals surface area contributed by atoms with Gasteiger partial charge >= 0.3 is 0 Å². The number of carbonyl (C=O) groups excluding carboxylic acids is 1. The fourth-order valence-corrected chi connectivity index (χ4v) is 3.41. The van der Waals surface area contributed by atoms with E-state index in [0.29, 0.717) is 21.3 Å². The summed E-state index contributed by atoms with van der Waals surface area (Å²) in [6.07, 6.45) is 1.67. The van der Waals surface area contributed by atoms with Crippen LogP contribution in [0.25, 0.3) is 6.08 Å². The lowest BCUT2D eigenvalue weighted by molar-refractivity contribution is -0.122. The number of hydrogen-bond acceptors (Lipinski definition) is 3. The first-order valence-corrected chi connectivity index (χ1v) is 7.91. The van der Waals surface area contributed by atoms with Gasteiger partial charge < -0.3 is 0 Å². The summed E-state index contributed by atoms with van der Waals surface area (Å²) in [6, 6.07) is 15.8. The van der Waals surface area contributed by atoms with Crippen LogP contribution in [0.1, 0.15) is 11.1 Å². The highest BCUT2D eigenvalue weighted by molar-refractivity contribution is 8.26. The van der Waals surface area contributed by atoms with Crippen LogP contribution >= 0.6 is 24.0 Å². The molecule has 0 unspecified atom stereocenters. The van der Waals surface area contributed by atoms with Crippen molar-refractivity contribution in [3.63, 3.8) is 0 Å². The highest BCUT2D eigenvalue weighted by Gasteiger charge is 2.31. The van der Waals surface area contributed by atoms with Gasteiger partial charge in [0.05, 0.1) is 11.4 Å². The van der Waals surface area contributed by atoms with Crippen molar-refractivity contribution in [3.8, 4) is 0 Å². The van der Waals surface area contributed by atoms with E-state index >= 15 is 0 Å². The predicted octanol–water partition coefficient (Wildman–Crippen LogP) is 4.23. The number of hydrogen-bond donors (Lipinski definition) is 0. The van der Waals surface area contributed by atoms with E-state index in [4.69, 9.17) is 12.2 Å². The van der Waals surface area contributed by atoms with Crippen LogP contribution in [0.3, 0.4) is 0 Å². The zero-order chi connectivity index (χ0) is 15.5. The maximum Gasteiger partial charge on any atom is 0.266 e. The summed E-state index contributed by atoms with van der Waals surface area (Å²) in [6.45, 7) is 0.450. The number of carbonyl (C=O) groups is 1. The lowest BCUT2D eigenvalue weighted by Gasteiger charge is -2.14. The van der Waals surface area contributed by atoms with Crippen molar-refractivity contribution in [1.82, 2.24) is 4.90 Å². The molecule has 0 atom stereocenters. The molecule has 2 aromatic carbocycles. The van der Waals surface area contributed by atoms with E-state index in [1.165, 1.54) is 23.9 Å². The molecule has 0 radical (unpaired) electrons. The van der Waals surface area contributed by atoms with E-state index < -0.39 is 0 Å². The Labute approximate surface area is 137 Å². The van der Waals surface area contributed by atoms with Gasteiger partial charge in [-0.25, -0.2) is 4.39 Å². The maximum absolute atomic E-state index is 13.2. The van der Waals surface area contributed by atoms with Gasteiger partial charge in [-0.05, 0) is 29.3 Å². The second-order valence-corrected chi connectivity index (χ2v) is 6.48. The Morgan fingerprint density at radius 3 is 2.64 bits per heavy atom. The molecule has 22 heavy (non-hydrogen) atoms. The largest absolute Gasteiger partial charge is 0.288 e. The topological polar surface area (TPSA) is 20.3 Å². The first-order valence-electron chi connectivity index (χ1n) is 6.68. The molecule has 1 heterocycles. The zero-order valence-corrected chi connectivity index (χ0v) is 13.2. The lowest BCUT2D eigenvalue weighted by atomic mass is 10.2. The summed E-state index contributed by atoms with van der Waals surface area (Å²) in [5.41, 5.74) is 1.67. The number of thiocarbonyl (C=S) groups is 1. The van der Waals surface area contributed by atoms with Gasteiger partial charge in [0.15, 0.2) is 0 Å². The molecule has 1 fully saturated rings. The van der Waals surface area contributed by atoms with E-state index in [-0.39, 0.29) is 11.7 Å². The second kappa shape index (κ2) is 6.42. The first kappa shape index (κ1) is 14.9. The van der Waals surface area contributed by atoms with Gasteiger partial charge in [-0.3, -0.25) is 9.69 Å². The monoisotopic (exact) mass is 329 g/mol. The van der Waals surface area contributed by atoms with Crippen molar-refractivity contribution in [2.45, 2.75) is 6.54 Å². The summed E-state index contributed by atoms with van der Waals surface area (Å²) in [4.78, 5) is 14.6. The lowest BCUT2D eigenvalue weighted by Crippen LogP contribution is -2.27. The fraction of sp³-hybridized carbons (Fsp3) is 0.0588. The Morgan fingerprint density at radius 2 is 1.91 bits per heavy atom. The van der Waals surface area contributed by atoms with E-state index in [1.807, 2.05) is 30.3 Å². The summed E-state index contributed by atoms with van der Waals surface area (Å²) >= 11 is 6.54. The molecule has 0 bridgehead atoms. The molecular formula is C17H12FNOS2. The SMILES string of the molecule is O=C1/C(=C/c2cccc(F)c2)SC(=S)N1Cc1ccccc1. The van der Waals surface area contributed by atoms with Crippen LogP contribution in [0, 0.1) is 5.82 Å². The third-order valence-corrected chi connectivity index (χ3v) is 4.58. The summed E-state index contributed by atoms with van der Waals surface area (Å²) < 4.78 is 13.7. The van der Waals surface area contributed by atoms with E-state index in [9.17, 15) is 9.18 Å². The smallest absolute Gasteiger partial charge is 0.266 e. The molecule has 110 valence electrons. The third kappa shape index (κ3) is 3.26. The number of halogens is 1. The Kier molecular flexibility index (Phi) is 4.36. The molecule has 0 spiro atoms. The van der Waals surface area contributed by atoms with Gasteiger partial charge in [0.25, 0.3) is 5.91 Å². The van der Waals surface area contributed by atoms with Crippen molar-refractivity contribution in [2.75, 3.05) is 0 Å². The molecule has 5 heteroatoms. The Balaban J connectivity index is 1.82. The normalized spacial score (nSPS) is 16.6. The highest BCUT2D eigenvalue weighted by Crippen LogP contribution is 2.33. The second-order valence-electron chi connectivity index (χ2n) is 4.81. The molecule has 1 aliphatic heterocycles. The molecule has 0 N–H and O–H groups in total. The zero-order valence-electron chi connectivity index (χ0n) is 11.5. The molecule has 1 aliphatic rings. The number of benzene rings is 2. The minimum Gasteiger partial charge on any atom is -0.288 e. The molecular weight excluding hydrogens is 317 g/mol. The van der Waals surface area contributed by atoms with Crippen molar-refractivity contribution in [2.24, 2.45) is 0 Å². The van der Waals surface area contributed by atoms with Gasteiger partial charge in [0, 0.05) is 0 Å². The van der Waals surface area contributed by atoms with E-state index in [0.717, 1.165) is 5.56 Å². The average Bonchev–Trinajstić information content (AvgIpc) is 2.76. The average molecular weight is 329 g/mol. The van der Waals surface area contributed by atoms with Crippen molar-refractivity contribution in [1.29, 1.82) is 0 Å². The highest BCUT2D eigenvalue weighted by atomic mass is 32.2. The van der Waals surface area contributed by atoms with Crippen LogP contribution in [-0.2, 0) is 11.3 Å². The Bertz CT molecular complexity index is 758. The Morgan fingerprint density at radius 1 is 1.14 bits per heavy atom. The van der Waals surface area contributed by atoms with Crippen molar-refractivity contribution < 1.29 is 9.18 Å². The summed E-state index contributed by atoms with van der Waals surface area (Å²) in [5.74, 6) is -0.461. The van der Waals surface area contributed by atoms with Gasteiger partial charge in [-0.1, -0.05) is 66.4 Å². The first-order chi connectivity index (χ1) is 10.6. The molecule has 0 saturated carbocycles. The van der Waals surface area contributed by atoms with Crippen LogP contribution in [0.4, 0.5) is 4.39 Å². The third-order valence-electron chi connectivity index (χ3n) is 3.20. The van der Waals surface area contributed by atoms with Crippen LogP contribution in [-0.4, -0.2) is 15.1 Å². The van der Waals surface area contributed by atoms with Gasteiger partial charge in [0.1, 0.15) is 10.1 Å². The number of rotatable bonds is 3. The molecule has 1 saturated heterocycles. The van der Waals surface area contributed by atoms with Crippen molar-refractivity contribution in [3.05, 3.63) is 76.4 Å². The van der Waals surface area contributed by atoms with Crippen molar-refractivity contribution >= 4 is 40.3 Å². The summed E-state index contributed by atoms with van der Waals surface area (Å²) in [7, 11) is 0. The molecule has 2 aromatic rings. The standard InChI is InChI=1S/C17H12FNOS2/c18-14-8-4-7-13(9-14)10-15-16(20)19(17(21)22-15)11-12-5-2-1-3-6-12/h1-10H,11H2/b15-10-. The minimum absolute atomic E-state index is 0.136. The van der Waals surface area contributed by atoms with E-state index in [2.05, 4.69) is 0 Å². The van der Waals surface area contributed by atoms with E-state index in [1.54, 1.807) is 23.1 Å². The van der Waals surface area contributed by atoms with Crippen LogP contribution in [0.15, 0.2) is 59.5 Å². The Hall–Kier alpha value is -1.98. The number of amides is 1.